The third-order valence-electron chi connectivity index (χ3n) is 3.42. The Hall–Kier alpha value is -2.24. The van der Waals surface area contributed by atoms with E-state index in [1.165, 1.54) is 0 Å². The Kier molecular flexibility index (Phi) is 4.78. The maximum absolute atomic E-state index is 12.3. The maximum Gasteiger partial charge on any atom is 0.338 e. The van der Waals surface area contributed by atoms with E-state index in [0.29, 0.717) is 13.2 Å². The topological polar surface area (TPSA) is 57.7 Å². The average molecular weight is 299 g/mol. The van der Waals surface area contributed by atoms with Gasteiger partial charge in [-0.15, -0.1) is 0 Å². The zero-order valence-electron chi connectivity index (χ0n) is 12.1. The third-order valence-corrected chi connectivity index (χ3v) is 3.42. The van der Waals surface area contributed by atoms with Crippen LogP contribution < -0.4 is 0 Å². The molecule has 1 saturated heterocycles. The first-order chi connectivity index (χ1) is 10.8. The van der Waals surface area contributed by atoms with Crippen molar-refractivity contribution in [3.63, 3.8) is 0 Å². The number of nitrogens with zero attached hydrogens (tertiary/aromatic N) is 1. The number of esters is 1. The van der Waals surface area contributed by atoms with Gasteiger partial charge in [0.05, 0.1) is 19.8 Å². The van der Waals surface area contributed by atoms with Crippen LogP contribution in [0.4, 0.5) is 0 Å². The largest absolute Gasteiger partial charge is 0.451 e. The normalized spacial score (nSPS) is 19.4. The van der Waals surface area contributed by atoms with Crippen molar-refractivity contribution in [3.8, 4) is 0 Å². The zero-order valence-corrected chi connectivity index (χ0v) is 12.1. The molecule has 5 heteroatoms. The van der Waals surface area contributed by atoms with Gasteiger partial charge in [-0.2, -0.15) is 0 Å². The SMILES string of the molecule is O=C(O[C@@H](c1ccccc1)c1ccncc1)[C@@H]1COCCO1. The number of ether oxygens (including phenoxy) is 3. The van der Waals surface area contributed by atoms with Crippen LogP contribution in [0.25, 0.3) is 0 Å². The quantitative estimate of drug-likeness (QED) is 0.810. The molecule has 1 aliphatic heterocycles. The second-order valence-corrected chi connectivity index (χ2v) is 4.94. The Bertz CT molecular complexity index is 557. The summed E-state index contributed by atoms with van der Waals surface area (Å²) in [5, 5.41) is 0. The van der Waals surface area contributed by atoms with E-state index in [1.807, 2.05) is 42.5 Å². The second-order valence-electron chi connectivity index (χ2n) is 4.94. The van der Waals surface area contributed by atoms with Gasteiger partial charge in [0.1, 0.15) is 0 Å². The van der Waals surface area contributed by atoms with Crippen LogP contribution in [0.5, 0.6) is 0 Å². The fourth-order valence-corrected chi connectivity index (χ4v) is 2.31. The minimum atomic E-state index is -0.665. The molecule has 0 unspecified atom stereocenters. The van der Waals surface area contributed by atoms with Gasteiger partial charge in [-0.1, -0.05) is 30.3 Å². The Morgan fingerprint density at radius 3 is 2.50 bits per heavy atom. The molecule has 1 aliphatic rings. The smallest absolute Gasteiger partial charge is 0.338 e. The average Bonchev–Trinajstić information content (AvgIpc) is 2.62. The third kappa shape index (κ3) is 3.50. The fourth-order valence-electron chi connectivity index (χ4n) is 2.31. The van der Waals surface area contributed by atoms with Crippen LogP contribution in [0.2, 0.25) is 0 Å². The van der Waals surface area contributed by atoms with Crippen molar-refractivity contribution < 1.29 is 19.0 Å². The first kappa shape index (κ1) is 14.7. The monoisotopic (exact) mass is 299 g/mol. The highest BCUT2D eigenvalue weighted by molar-refractivity contribution is 5.75. The van der Waals surface area contributed by atoms with Gasteiger partial charge in [-0.05, 0) is 17.7 Å². The first-order valence-corrected chi connectivity index (χ1v) is 7.19. The lowest BCUT2D eigenvalue weighted by Crippen LogP contribution is -2.37. The highest BCUT2D eigenvalue weighted by atomic mass is 16.6. The fraction of sp³-hybridized carbons (Fsp3) is 0.294. The van der Waals surface area contributed by atoms with Gasteiger partial charge in [0.2, 0.25) is 0 Å². The molecule has 5 nitrogen and oxygen atoms in total. The minimum Gasteiger partial charge on any atom is -0.451 e. The molecule has 3 rings (SSSR count). The standard InChI is InChI=1S/C17H17NO4/c19-17(15-12-20-10-11-21-15)22-16(13-4-2-1-3-5-13)14-6-8-18-9-7-14/h1-9,15-16H,10-12H2/t15-,16-/m0/s1. The van der Waals surface area contributed by atoms with Gasteiger partial charge in [-0.3, -0.25) is 4.98 Å². The molecule has 0 bridgehead atoms. The van der Waals surface area contributed by atoms with Crippen LogP contribution >= 0.6 is 0 Å². The lowest BCUT2D eigenvalue weighted by molar-refractivity contribution is -0.174. The van der Waals surface area contributed by atoms with Crippen LogP contribution in [0.15, 0.2) is 54.9 Å². The van der Waals surface area contributed by atoms with Gasteiger partial charge < -0.3 is 14.2 Å². The van der Waals surface area contributed by atoms with Crippen molar-refractivity contribution >= 4 is 5.97 Å². The van der Waals surface area contributed by atoms with Gasteiger partial charge in [0.25, 0.3) is 0 Å². The van der Waals surface area contributed by atoms with Crippen molar-refractivity contribution in [1.29, 1.82) is 0 Å². The molecule has 0 saturated carbocycles. The Morgan fingerprint density at radius 2 is 1.82 bits per heavy atom. The van der Waals surface area contributed by atoms with E-state index in [-0.39, 0.29) is 6.61 Å². The Labute approximate surface area is 128 Å². The van der Waals surface area contributed by atoms with Gasteiger partial charge in [-0.25, -0.2) is 4.79 Å². The molecular weight excluding hydrogens is 282 g/mol. The zero-order chi connectivity index (χ0) is 15.2. The van der Waals surface area contributed by atoms with Crippen LogP contribution in [-0.4, -0.2) is 36.9 Å². The summed E-state index contributed by atoms with van der Waals surface area (Å²) < 4.78 is 16.4. The Morgan fingerprint density at radius 1 is 1.09 bits per heavy atom. The Balaban J connectivity index is 1.81. The van der Waals surface area contributed by atoms with E-state index >= 15 is 0 Å². The molecule has 0 radical (unpaired) electrons. The lowest BCUT2D eigenvalue weighted by atomic mass is 10.0. The molecule has 0 N–H and O–H groups in total. The molecule has 0 aliphatic carbocycles. The van der Waals surface area contributed by atoms with Gasteiger partial charge in [0, 0.05) is 18.0 Å². The molecule has 22 heavy (non-hydrogen) atoms. The van der Waals surface area contributed by atoms with Crippen molar-refractivity contribution in [2.75, 3.05) is 19.8 Å². The van der Waals surface area contributed by atoms with Gasteiger partial charge in [0.15, 0.2) is 12.2 Å². The van der Waals surface area contributed by atoms with Gasteiger partial charge >= 0.3 is 5.97 Å². The number of pyridine rings is 1. The van der Waals surface area contributed by atoms with Crippen molar-refractivity contribution in [2.45, 2.75) is 12.2 Å². The molecule has 1 aromatic heterocycles. The van der Waals surface area contributed by atoms with E-state index in [2.05, 4.69) is 4.98 Å². The number of aromatic nitrogens is 1. The predicted octanol–water partition coefficient (Wildman–Crippen LogP) is 2.13. The molecule has 1 fully saturated rings. The molecular formula is C17H17NO4. The number of rotatable bonds is 4. The summed E-state index contributed by atoms with van der Waals surface area (Å²) in [5.41, 5.74) is 1.77. The molecule has 2 heterocycles. The number of hydrogen-bond acceptors (Lipinski definition) is 5. The highest BCUT2D eigenvalue weighted by Crippen LogP contribution is 2.26. The number of carbonyl (C=O) groups excluding carboxylic acids is 1. The van der Waals surface area contributed by atoms with Crippen LogP contribution in [0.3, 0.4) is 0 Å². The second kappa shape index (κ2) is 7.15. The summed E-state index contributed by atoms with van der Waals surface area (Å²) in [6.07, 6.45) is 2.21. The molecule has 114 valence electrons. The summed E-state index contributed by atoms with van der Waals surface area (Å²) in [5.74, 6) is -0.412. The first-order valence-electron chi connectivity index (χ1n) is 7.19. The summed E-state index contributed by atoms with van der Waals surface area (Å²) in [6, 6.07) is 13.3. The number of hydrogen-bond donors (Lipinski definition) is 0. The van der Waals surface area contributed by atoms with E-state index in [0.717, 1.165) is 11.1 Å². The summed E-state index contributed by atoms with van der Waals surface area (Å²) in [7, 11) is 0. The van der Waals surface area contributed by atoms with E-state index in [4.69, 9.17) is 14.2 Å². The number of carbonyl (C=O) groups is 1. The van der Waals surface area contributed by atoms with Crippen molar-refractivity contribution in [1.82, 2.24) is 4.98 Å². The summed E-state index contributed by atoms with van der Waals surface area (Å²) >= 11 is 0. The van der Waals surface area contributed by atoms with Crippen LogP contribution in [0, 0.1) is 0 Å². The minimum absolute atomic E-state index is 0.233. The highest BCUT2D eigenvalue weighted by Gasteiger charge is 2.28. The van der Waals surface area contributed by atoms with Crippen LogP contribution in [0.1, 0.15) is 17.2 Å². The van der Waals surface area contributed by atoms with E-state index in [9.17, 15) is 4.79 Å². The molecule has 1 aromatic carbocycles. The van der Waals surface area contributed by atoms with Crippen LogP contribution in [-0.2, 0) is 19.0 Å². The number of benzene rings is 1. The summed E-state index contributed by atoms with van der Waals surface area (Å²) in [6.45, 7) is 1.15. The molecule has 0 spiro atoms. The molecule has 0 amide bonds. The molecule has 2 atom stereocenters. The maximum atomic E-state index is 12.3. The van der Waals surface area contributed by atoms with E-state index < -0.39 is 18.2 Å². The lowest BCUT2D eigenvalue weighted by Gasteiger charge is -2.25. The van der Waals surface area contributed by atoms with Crippen molar-refractivity contribution in [3.05, 3.63) is 66.0 Å². The summed E-state index contributed by atoms with van der Waals surface area (Å²) in [4.78, 5) is 16.3. The van der Waals surface area contributed by atoms with Crippen molar-refractivity contribution in [2.24, 2.45) is 0 Å². The van der Waals surface area contributed by atoms with E-state index in [1.54, 1.807) is 12.4 Å². The molecule has 2 aromatic rings. The predicted molar refractivity (Wildman–Crippen MR) is 79.2 cm³/mol.